The van der Waals surface area contributed by atoms with Crippen molar-refractivity contribution < 1.29 is 9.50 Å². The quantitative estimate of drug-likeness (QED) is 0.807. The Hall–Kier alpha value is -1.43. The van der Waals surface area contributed by atoms with Crippen LogP contribution in [0, 0.1) is 12.7 Å². The largest absolute Gasteiger partial charge is 0.387 e. The summed E-state index contributed by atoms with van der Waals surface area (Å²) in [6.07, 6.45) is -0.246. The maximum atomic E-state index is 13.4. The highest BCUT2D eigenvalue weighted by Gasteiger charge is 2.13. The van der Waals surface area contributed by atoms with E-state index < -0.39 is 11.9 Å². The second-order valence-electron chi connectivity index (χ2n) is 4.83. The predicted molar refractivity (Wildman–Crippen MR) is 86.0 cm³/mol. The third-order valence-electron chi connectivity index (χ3n) is 3.24. The van der Waals surface area contributed by atoms with Crippen LogP contribution in [0.5, 0.6) is 0 Å². The zero-order valence-electron chi connectivity index (χ0n) is 12.2. The van der Waals surface area contributed by atoms with Crippen molar-refractivity contribution in [1.29, 1.82) is 0 Å². The van der Waals surface area contributed by atoms with Crippen molar-refractivity contribution >= 4 is 29.0 Å². The molecule has 22 heavy (non-hydrogen) atoms. The summed E-state index contributed by atoms with van der Waals surface area (Å²) in [5.41, 5.74) is 1.14. The molecular formula is C15H16Cl2FN3O. The highest BCUT2D eigenvalue weighted by atomic mass is 35.5. The van der Waals surface area contributed by atoms with Gasteiger partial charge in [-0.3, -0.25) is 0 Å². The summed E-state index contributed by atoms with van der Waals surface area (Å²) in [7, 11) is 0. The summed E-state index contributed by atoms with van der Waals surface area (Å²) >= 11 is 11.7. The van der Waals surface area contributed by atoms with Crippen molar-refractivity contribution in [1.82, 2.24) is 9.97 Å². The van der Waals surface area contributed by atoms with E-state index in [0.717, 1.165) is 0 Å². The van der Waals surface area contributed by atoms with Gasteiger partial charge in [-0.05, 0) is 24.6 Å². The molecule has 0 saturated carbocycles. The van der Waals surface area contributed by atoms with Gasteiger partial charge >= 0.3 is 0 Å². The zero-order chi connectivity index (χ0) is 16.3. The van der Waals surface area contributed by atoms with Crippen molar-refractivity contribution in [3.8, 4) is 0 Å². The first kappa shape index (κ1) is 16.9. The molecule has 4 nitrogen and oxygen atoms in total. The Morgan fingerprint density at radius 1 is 1.32 bits per heavy atom. The Morgan fingerprint density at radius 2 is 2.05 bits per heavy atom. The SMILES string of the molecule is CCc1nc(Cl)c(C)c(NCC(O)c2ccc(Cl)c(F)c2)n1. The Morgan fingerprint density at radius 3 is 2.68 bits per heavy atom. The van der Waals surface area contributed by atoms with Gasteiger partial charge in [-0.25, -0.2) is 14.4 Å². The zero-order valence-corrected chi connectivity index (χ0v) is 13.7. The Kier molecular flexibility index (Phi) is 5.56. The first-order valence-corrected chi connectivity index (χ1v) is 7.57. The van der Waals surface area contributed by atoms with Crippen LogP contribution >= 0.6 is 23.2 Å². The molecule has 0 spiro atoms. The van der Waals surface area contributed by atoms with Gasteiger partial charge in [-0.1, -0.05) is 36.2 Å². The summed E-state index contributed by atoms with van der Waals surface area (Å²) in [4.78, 5) is 8.48. The number of hydrogen-bond donors (Lipinski definition) is 2. The van der Waals surface area contributed by atoms with Crippen LogP contribution in [-0.4, -0.2) is 21.6 Å². The van der Waals surface area contributed by atoms with E-state index in [0.29, 0.717) is 34.3 Å². The van der Waals surface area contributed by atoms with Crippen molar-refractivity contribution in [2.75, 3.05) is 11.9 Å². The molecule has 7 heteroatoms. The number of nitrogens with zero attached hydrogens (tertiary/aromatic N) is 2. The number of anilines is 1. The minimum atomic E-state index is -0.898. The molecule has 2 aromatic rings. The fourth-order valence-corrected chi connectivity index (χ4v) is 2.20. The van der Waals surface area contributed by atoms with Crippen LogP contribution in [0.1, 0.15) is 30.0 Å². The normalized spacial score (nSPS) is 12.3. The molecule has 2 rings (SSSR count). The molecule has 1 atom stereocenters. The molecule has 0 aliphatic heterocycles. The van der Waals surface area contributed by atoms with E-state index in [4.69, 9.17) is 23.2 Å². The van der Waals surface area contributed by atoms with Crippen LogP contribution < -0.4 is 5.32 Å². The molecule has 1 heterocycles. The maximum Gasteiger partial charge on any atom is 0.142 e. The summed E-state index contributed by atoms with van der Waals surface area (Å²) in [6, 6.07) is 4.21. The van der Waals surface area contributed by atoms with Crippen LogP contribution in [0.2, 0.25) is 10.2 Å². The van der Waals surface area contributed by atoms with Crippen LogP contribution in [0.25, 0.3) is 0 Å². The van der Waals surface area contributed by atoms with Gasteiger partial charge in [0.05, 0.1) is 11.1 Å². The predicted octanol–water partition coefficient (Wildman–Crippen LogP) is 3.94. The molecule has 118 valence electrons. The second-order valence-corrected chi connectivity index (χ2v) is 5.59. The van der Waals surface area contributed by atoms with Crippen LogP contribution in [0.15, 0.2) is 18.2 Å². The lowest BCUT2D eigenvalue weighted by atomic mass is 10.1. The molecule has 1 aromatic heterocycles. The van der Waals surface area contributed by atoms with Gasteiger partial charge in [0, 0.05) is 18.5 Å². The fraction of sp³-hybridized carbons (Fsp3) is 0.333. The number of nitrogens with one attached hydrogen (secondary N) is 1. The number of halogens is 3. The first-order chi connectivity index (χ1) is 10.4. The number of benzene rings is 1. The second kappa shape index (κ2) is 7.22. The molecule has 1 aromatic carbocycles. The van der Waals surface area contributed by atoms with Gasteiger partial charge in [0.15, 0.2) is 0 Å². The molecule has 2 N–H and O–H groups in total. The molecule has 0 fully saturated rings. The average Bonchev–Trinajstić information content (AvgIpc) is 2.50. The van der Waals surface area contributed by atoms with E-state index in [1.54, 1.807) is 13.0 Å². The van der Waals surface area contributed by atoms with Gasteiger partial charge in [-0.2, -0.15) is 0 Å². The number of aryl methyl sites for hydroxylation is 1. The maximum absolute atomic E-state index is 13.4. The lowest BCUT2D eigenvalue weighted by Gasteiger charge is -2.15. The molecule has 0 aliphatic carbocycles. The van der Waals surface area contributed by atoms with Crippen molar-refractivity contribution in [3.05, 3.63) is 51.1 Å². The monoisotopic (exact) mass is 343 g/mol. The molecule has 0 aliphatic rings. The number of aromatic nitrogens is 2. The fourth-order valence-electron chi connectivity index (χ4n) is 1.89. The number of aliphatic hydroxyl groups excluding tert-OH is 1. The molecule has 0 radical (unpaired) electrons. The minimum Gasteiger partial charge on any atom is -0.387 e. The lowest BCUT2D eigenvalue weighted by Crippen LogP contribution is -2.15. The molecule has 1 unspecified atom stereocenters. The van der Waals surface area contributed by atoms with E-state index in [1.807, 2.05) is 6.92 Å². The molecule has 0 saturated heterocycles. The van der Waals surface area contributed by atoms with Gasteiger partial charge in [0.2, 0.25) is 0 Å². The van der Waals surface area contributed by atoms with Gasteiger partial charge in [0.25, 0.3) is 0 Å². The van der Waals surface area contributed by atoms with E-state index >= 15 is 0 Å². The van der Waals surface area contributed by atoms with Gasteiger partial charge < -0.3 is 10.4 Å². The summed E-state index contributed by atoms with van der Waals surface area (Å²) < 4.78 is 13.4. The Balaban J connectivity index is 2.12. The molecule has 0 bridgehead atoms. The van der Waals surface area contributed by atoms with Crippen LogP contribution in [0.3, 0.4) is 0 Å². The van der Waals surface area contributed by atoms with Crippen LogP contribution in [0.4, 0.5) is 10.2 Å². The van der Waals surface area contributed by atoms with Crippen LogP contribution in [-0.2, 0) is 6.42 Å². The van der Waals surface area contributed by atoms with E-state index in [1.165, 1.54) is 12.1 Å². The van der Waals surface area contributed by atoms with Gasteiger partial charge in [0.1, 0.15) is 22.6 Å². The third-order valence-corrected chi connectivity index (χ3v) is 3.91. The van der Waals surface area contributed by atoms with E-state index in [9.17, 15) is 9.50 Å². The Labute approximate surface area is 138 Å². The number of aliphatic hydroxyl groups is 1. The highest BCUT2D eigenvalue weighted by Crippen LogP contribution is 2.23. The summed E-state index contributed by atoms with van der Waals surface area (Å²) in [6.45, 7) is 3.88. The summed E-state index contributed by atoms with van der Waals surface area (Å²) in [5, 5.41) is 13.6. The topological polar surface area (TPSA) is 58.0 Å². The number of rotatable bonds is 5. The summed E-state index contributed by atoms with van der Waals surface area (Å²) in [5.74, 6) is 0.614. The molecular weight excluding hydrogens is 328 g/mol. The third kappa shape index (κ3) is 3.85. The first-order valence-electron chi connectivity index (χ1n) is 6.82. The van der Waals surface area contributed by atoms with Crippen molar-refractivity contribution in [3.63, 3.8) is 0 Å². The van der Waals surface area contributed by atoms with E-state index in [-0.39, 0.29) is 11.6 Å². The lowest BCUT2D eigenvalue weighted by molar-refractivity contribution is 0.191. The average molecular weight is 344 g/mol. The smallest absolute Gasteiger partial charge is 0.142 e. The highest BCUT2D eigenvalue weighted by molar-refractivity contribution is 6.30. The van der Waals surface area contributed by atoms with Crippen molar-refractivity contribution in [2.45, 2.75) is 26.4 Å². The van der Waals surface area contributed by atoms with Gasteiger partial charge in [-0.15, -0.1) is 0 Å². The minimum absolute atomic E-state index is 0.0231. The standard InChI is InChI=1S/C15H16Cl2FN3O/c1-3-13-20-14(17)8(2)15(21-13)19-7-12(22)9-4-5-10(16)11(18)6-9/h4-6,12,22H,3,7H2,1-2H3,(H,19,20,21). The van der Waals surface area contributed by atoms with Crippen molar-refractivity contribution in [2.24, 2.45) is 0 Å². The molecule has 0 amide bonds. The Bertz CT molecular complexity index is 682. The number of hydrogen-bond acceptors (Lipinski definition) is 4. The van der Waals surface area contributed by atoms with E-state index in [2.05, 4.69) is 15.3 Å².